The van der Waals surface area contributed by atoms with Gasteiger partial charge in [-0.25, -0.2) is 0 Å². The van der Waals surface area contributed by atoms with Crippen molar-refractivity contribution >= 4 is 24.0 Å². The molecule has 1 radical (unpaired) electrons. The Morgan fingerprint density at radius 2 is 0.872 bits per heavy atom. The molecule has 0 saturated heterocycles. The molecule has 39 heavy (non-hydrogen) atoms. The maximum atomic E-state index is 12.3. The fraction of sp³-hybridized carbons (Fsp3) is 0.375. The van der Waals surface area contributed by atoms with Crippen molar-refractivity contribution in [3.8, 4) is 0 Å². The van der Waals surface area contributed by atoms with Crippen molar-refractivity contribution in [1.82, 2.24) is 0 Å². The van der Waals surface area contributed by atoms with Gasteiger partial charge in [-0.2, -0.15) is 0 Å². The van der Waals surface area contributed by atoms with Crippen molar-refractivity contribution in [2.45, 2.75) is 81.3 Å². The van der Waals surface area contributed by atoms with E-state index in [0.717, 1.165) is 44.5 Å². The summed E-state index contributed by atoms with van der Waals surface area (Å²) in [6.45, 7) is 17.8. The molecule has 0 fully saturated rings. The van der Waals surface area contributed by atoms with Crippen LogP contribution >= 0.6 is 0 Å². The van der Waals surface area contributed by atoms with Gasteiger partial charge >= 0.3 is 0 Å². The minimum absolute atomic E-state index is 0. The molecule has 2 atom stereocenters. The molecule has 7 heteroatoms. The SMILES string of the molecule is CC(=O)/C(C=NC(c1c(C)cc(C)cc1C)[C@H](N=C/C(C(C)=O)=C(/C)O)c1c(C)cc(C)cc1C)=C(\C)O.[Co]. The number of allylic oxidation sites excluding steroid dienone is 4. The predicted molar refractivity (Wildman–Crippen MR) is 156 cm³/mol. The molecular weight excluding hydrogens is 535 g/mol. The van der Waals surface area contributed by atoms with E-state index in [0.29, 0.717) is 0 Å². The summed E-state index contributed by atoms with van der Waals surface area (Å²) >= 11 is 0. The Morgan fingerprint density at radius 1 is 0.615 bits per heavy atom. The molecule has 211 valence electrons. The van der Waals surface area contributed by atoms with Crippen LogP contribution < -0.4 is 0 Å². The van der Waals surface area contributed by atoms with Gasteiger partial charge in [0.15, 0.2) is 11.6 Å². The van der Waals surface area contributed by atoms with Gasteiger partial charge in [-0.3, -0.25) is 19.6 Å². The number of benzene rings is 2. The number of Topliss-reactive ketones (excluding diaryl/α,β-unsaturated/α-hetero) is 2. The van der Waals surface area contributed by atoms with Gasteiger partial charge in [0.2, 0.25) is 0 Å². The van der Waals surface area contributed by atoms with E-state index >= 15 is 0 Å². The number of ketones is 2. The van der Waals surface area contributed by atoms with Crippen molar-refractivity contribution in [2.24, 2.45) is 9.98 Å². The first-order chi connectivity index (χ1) is 17.6. The largest absolute Gasteiger partial charge is 0.512 e. The summed E-state index contributed by atoms with van der Waals surface area (Å²) in [4.78, 5) is 34.3. The molecule has 0 bridgehead atoms. The number of aliphatic hydroxyl groups is 2. The van der Waals surface area contributed by atoms with E-state index < -0.39 is 12.1 Å². The second kappa shape index (κ2) is 14.2. The van der Waals surface area contributed by atoms with Crippen molar-refractivity contribution in [3.05, 3.63) is 91.4 Å². The Bertz CT molecular complexity index is 1220. The third-order valence-corrected chi connectivity index (χ3v) is 6.63. The van der Waals surface area contributed by atoms with Gasteiger partial charge in [-0.1, -0.05) is 35.4 Å². The summed E-state index contributed by atoms with van der Waals surface area (Å²) in [6, 6.07) is 7.15. The first-order valence-electron chi connectivity index (χ1n) is 12.7. The third kappa shape index (κ3) is 8.34. The van der Waals surface area contributed by atoms with Gasteiger partial charge in [-0.15, -0.1) is 0 Å². The van der Waals surface area contributed by atoms with E-state index in [1.54, 1.807) is 0 Å². The minimum Gasteiger partial charge on any atom is -0.512 e. The van der Waals surface area contributed by atoms with E-state index in [-0.39, 0.29) is 51.0 Å². The number of hydrogen-bond donors (Lipinski definition) is 2. The second-order valence-corrected chi connectivity index (χ2v) is 10.2. The minimum atomic E-state index is -0.590. The molecular formula is C32H40CoN2O4. The first-order valence-corrected chi connectivity index (χ1v) is 12.7. The topological polar surface area (TPSA) is 99.3 Å². The predicted octanol–water partition coefficient (Wildman–Crippen LogP) is 7.30. The summed E-state index contributed by atoms with van der Waals surface area (Å²) < 4.78 is 0. The Labute approximate surface area is 242 Å². The quantitative estimate of drug-likeness (QED) is 0.186. The van der Waals surface area contributed by atoms with E-state index in [1.807, 2.05) is 41.5 Å². The van der Waals surface area contributed by atoms with Crippen LogP contribution in [0.2, 0.25) is 0 Å². The van der Waals surface area contributed by atoms with Crippen LogP contribution in [0.15, 0.2) is 56.9 Å². The van der Waals surface area contributed by atoms with Crippen molar-refractivity contribution in [1.29, 1.82) is 0 Å². The first kappa shape index (κ1) is 33.7. The van der Waals surface area contributed by atoms with Crippen LogP contribution in [-0.4, -0.2) is 34.2 Å². The Hall–Kier alpha value is -3.29. The van der Waals surface area contributed by atoms with E-state index in [2.05, 4.69) is 24.3 Å². The molecule has 0 amide bonds. The van der Waals surface area contributed by atoms with Crippen LogP contribution in [0, 0.1) is 41.5 Å². The number of rotatable bonds is 9. The molecule has 6 nitrogen and oxygen atoms in total. The fourth-order valence-corrected chi connectivity index (χ4v) is 5.13. The number of aryl methyl sites for hydroxylation is 6. The summed E-state index contributed by atoms with van der Waals surface area (Å²) in [5.41, 5.74) is 8.42. The normalized spacial score (nSPS) is 14.5. The van der Waals surface area contributed by atoms with E-state index in [1.165, 1.54) is 40.1 Å². The van der Waals surface area contributed by atoms with Crippen LogP contribution in [0.25, 0.3) is 0 Å². The number of carbonyl (C=O) groups excluding carboxylic acids is 2. The molecule has 0 aliphatic rings. The summed E-state index contributed by atoms with van der Waals surface area (Å²) in [7, 11) is 0. The summed E-state index contributed by atoms with van der Waals surface area (Å²) in [5, 5.41) is 20.3. The molecule has 2 rings (SSSR count). The zero-order valence-electron chi connectivity index (χ0n) is 24.6. The van der Waals surface area contributed by atoms with Gasteiger partial charge in [0, 0.05) is 29.2 Å². The molecule has 0 aliphatic heterocycles. The zero-order valence-corrected chi connectivity index (χ0v) is 25.6. The van der Waals surface area contributed by atoms with Crippen LogP contribution in [-0.2, 0) is 26.4 Å². The monoisotopic (exact) mass is 575 g/mol. The fourth-order valence-electron chi connectivity index (χ4n) is 5.13. The average Bonchev–Trinajstić information content (AvgIpc) is 2.74. The Morgan fingerprint density at radius 3 is 1.08 bits per heavy atom. The van der Waals surface area contributed by atoms with Crippen LogP contribution in [0.3, 0.4) is 0 Å². The van der Waals surface area contributed by atoms with E-state index in [4.69, 9.17) is 9.98 Å². The molecule has 2 aromatic rings. The Kier molecular flexibility index (Phi) is 12.3. The van der Waals surface area contributed by atoms with Gasteiger partial charge in [0.05, 0.1) is 11.1 Å². The number of carbonyl (C=O) groups is 2. The van der Waals surface area contributed by atoms with Crippen LogP contribution in [0.5, 0.6) is 0 Å². The van der Waals surface area contributed by atoms with Crippen molar-refractivity contribution in [2.75, 3.05) is 0 Å². The van der Waals surface area contributed by atoms with Crippen molar-refractivity contribution in [3.63, 3.8) is 0 Å². The van der Waals surface area contributed by atoms with Crippen molar-refractivity contribution < 1.29 is 36.6 Å². The van der Waals surface area contributed by atoms with Crippen LogP contribution in [0.1, 0.15) is 84.3 Å². The van der Waals surface area contributed by atoms with Gasteiger partial charge in [-0.05, 0) is 103 Å². The number of nitrogens with zero attached hydrogens (tertiary/aromatic N) is 2. The Balaban J connectivity index is 0.00000760. The number of aliphatic imine (C=N–C) groups is 2. The molecule has 2 aromatic carbocycles. The third-order valence-electron chi connectivity index (χ3n) is 6.63. The molecule has 0 saturated carbocycles. The maximum absolute atomic E-state index is 12.3. The van der Waals surface area contributed by atoms with Gasteiger partial charge in [0.1, 0.15) is 23.6 Å². The smallest absolute Gasteiger partial charge is 0.164 e. The molecule has 0 aliphatic carbocycles. The summed E-state index contributed by atoms with van der Waals surface area (Å²) in [6.07, 6.45) is 2.84. The standard InChI is InChI=1S/C32H40N2O4.Co/c1-17-11-19(3)29(20(4)12-17)31(33-15-27(23(7)35)24(8)36)32(34-16-28(25(9)37)26(10)38)30-21(5)13-18(2)14-22(30)6;/h11-16,31-32,35,37H,1-10H3;/b27-23+,28-25+,33-15?,34-16?;/t31-,32?;/m1./s1. The maximum Gasteiger partial charge on any atom is 0.164 e. The second-order valence-electron chi connectivity index (χ2n) is 10.2. The molecule has 0 heterocycles. The van der Waals surface area contributed by atoms with Crippen LogP contribution in [0.4, 0.5) is 0 Å². The zero-order chi connectivity index (χ0) is 28.9. The summed E-state index contributed by atoms with van der Waals surface area (Å²) in [5.74, 6) is -0.828. The molecule has 2 N–H and O–H groups in total. The molecule has 0 aromatic heterocycles. The molecule has 0 spiro atoms. The van der Waals surface area contributed by atoms with Gasteiger partial charge < -0.3 is 10.2 Å². The van der Waals surface area contributed by atoms with E-state index in [9.17, 15) is 19.8 Å². The molecule has 1 unspecified atom stereocenters. The number of aliphatic hydroxyl groups excluding tert-OH is 2. The average molecular weight is 576 g/mol. The van der Waals surface area contributed by atoms with Gasteiger partial charge in [0.25, 0.3) is 0 Å². The number of hydrogen-bond acceptors (Lipinski definition) is 6.